The standard InChI is InChI=1S/C39H47I3O10/c1-22-32(45-19-25-13-7-4-8-14-25)31(43)28(40)38(49-22)52-36-30(42)39(50-24(3)34(36)47-21-27-17-11-6-12-18-27)51-35-29(41)37(44)48-23(2)33(35)46-20-26-15-9-5-10-16-26/h4-18,22-24,28-39,43-44H,19-21H2,1-3H3/t22-,23-,24-,28+,29+,30+,31+,32-,33-,34-,35+,36+,37+,38-,39-/m0/s1. The summed E-state index contributed by atoms with van der Waals surface area (Å²) in [6.45, 7) is 6.81. The Labute approximate surface area is 346 Å². The van der Waals surface area contributed by atoms with Crippen molar-refractivity contribution in [1.29, 1.82) is 0 Å². The molecule has 3 aromatic rings. The number of alkyl halides is 3. The van der Waals surface area contributed by atoms with Gasteiger partial charge >= 0.3 is 0 Å². The zero-order valence-electron chi connectivity index (χ0n) is 29.2. The largest absolute Gasteiger partial charge is 0.389 e. The first-order chi connectivity index (χ1) is 25.1. The van der Waals surface area contributed by atoms with Gasteiger partial charge in [-0.2, -0.15) is 0 Å². The Hall–Kier alpha value is -0.550. The molecule has 3 fully saturated rings. The molecule has 0 saturated carbocycles. The normalized spacial score (nSPS) is 38.2. The van der Waals surface area contributed by atoms with Crippen LogP contribution in [0.2, 0.25) is 0 Å². The van der Waals surface area contributed by atoms with Crippen molar-refractivity contribution in [3.05, 3.63) is 108 Å². The van der Waals surface area contributed by atoms with Gasteiger partial charge in [0.15, 0.2) is 18.9 Å². The Balaban J connectivity index is 1.19. The van der Waals surface area contributed by atoms with E-state index in [1.54, 1.807) is 0 Å². The molecular weight excluding hydrogens is 1010 g/mol. The maximum Gasteiger partial charge on any atom is 0.172 e. The topological polar surface area (TPSA) is 114 Å². The average molecular weight is 1060 g/mol. The molecule has 0 aromatic heterocycles. The monoisotopic (exact) mass is 1060 g/mol. The molecular formula is C39H47I3O10. The van der Waals surface area contributed by atoms with E-state index < -0.39 is 81.7 Å². The van der Waals surface area contributed by atoms with Crippen LogP contribution in [0.15, 0.2) is 91.0 Å². The third-order valence-corrected chi connectivity index (χ3v) is 13.6. The van der Waals surface area contributed by atoms with Crippen molar-refractivity contribution in [2.45, 2.75) is 126 Å². The SMILES string of the molecule is C[C@@H]1O[C@@H](O[C@@H]2[C@@H](I)[C@H](O[C@@H]3[C@@H](I)[C@H](O)O[C@@H](C)[C@@H]3OCc3ccccc3)O[C@@H](C)[C@@H]2OCc2ccccc2)[C@H](I)[C@@H](O)[C@H]1OCc1ccccc1. The Morgan fingerprint density at radius 2 is 0.846 bits per heavy atom. The summed E-state index contributed by atoms with van der Waals surface area (Å²) in [5.41, 5.74) is 3.07. The summed E-state index contributed by atoms with van der Waals surface area (Å²) in [4.78, 5) is 0. The van der Waals surface area contributed by atoms with Gasteiger partial charge in [-0.25, -0.2) is 0 Å². The number of ether oxygens (including phenoxy) is 8. The molecule has 3 heterocycles. The summed E-state index contributed by atoms with van der Waals surface area (Å²) in [7, 11) is 0. The van der Waals surface area contributed by atoms with Crippen LogP contribution in [0.5, 0.6) is 0 Å². The predicted octanol–water partition coefficient (Wildman–Crippen LogP) is 6.51. The van der Waals surface area contributed by atoms with Crippen LogP contribution in [0.3, 0.4) is 0 Å². The van der Waals surface area contributed by atoms with E-state index in [-0.39, 0.29) is 3.92 Å². The highest BCUT2D eigenvalue weighted by atomic mass is 127. The molecule has 3 saturated heterocycles. The van der Waals surface area contributed by atoms with Gasteiger partial charge in [0.05, 0.1) is 56.0 Å². The number of aliphatic hydroxyl groups excluding tert-OH is 2. The van der Waals surface area contributed by atoms with E-state index in [9.17, 15) is 10.2 Å². The summed E-state index contributed by atoms with van der Waals surface area (Å²) in [6.07, 6.45) is -7.35. The fourth-order valence-corrected chi connectivity index (χ4v) is 9.17. The van der Waals surface area contributed by atoms with Gasteiger partial charge in [-0.15, -0.1) is 0 Å². The fraction of sp³-hybridized carbons (Fsp3) is 0.538. The maximum absolute atomic E-state index is 11.5. The quantitative estimate of drug-likeness (QED) is 0.145. The highest BCUT2D eigenvalue weighted by molar-refractivity contribution is 14.1. The second kappa shape index (κ2) is 19.5. The van der Waals surface area contributed by atoms with E-state index in [1.165, 1.54) is 0 Å². The second-order valence-electron chi connectivity index (χ2n) is 13.5. The van der Waals surface area contributed by atoms with Crippen LogP contribution in [0, 0.1) is 0 Å². The highest BCUT2D eigenvalue weighted by Gasteiger charge is 2.53. The Morgan fingerprint density at radius 3 is 1.31 bits per heavy atom. The minimum Gasteiger partial charge on any atom is -0.389 e. The Bertz CT molecular complexity index is 1500. The van der Waals surface area contributed by atoms with E-state index in [2.05, 4.69) is 67.8 Å². The first-order valence-corrected chi connectivity index (χ1v) is 21.4. The average Bonchev–Trinajstić information content (AvgIpc) is 3.15. The van der Waals surface area contributed by atoms with E-state index >= 15 is 0 Å². The van der Waals surface area contributed by atoms with Crippen molar-refractivity contribution in [3.8, 4) is 0 Å². The maximum atomic E-state index is 11.5. The first kappa shape index (κ1) is 41.1. The third-order valence-electron chi connectivity index (χ3n) is 9.61. The smallest absolute Gasteiger partial charge is 0.172 e. The first-order valence-electron chi connectivity index (χ1n) is 17.6. The lowest BCUT2D eigenvalue weighted by Crippen LogP contribution is -2.63. The van der Waals surface area contributed by atoms with Crippen molar-refractivity contribution >= 4 is 67.8 Å². The lowest BCUT2D eigenvalue weighted by atomic mass is 9.99. The van der Waals surface area contributed by atoms with Crippen molar-refractivity contribution in [3.63, 3.8) is 0 Å². The number of benzene rings is 3. The van der Waals surface area contributed by atoms with E-state index in [0.717, 1.165) is 16.7 Å². The molecule has 284 valence electrons. The molecule has 3 aromatic carbocycles. The van der Waals surface area contributed by atoms with Gasteiger partial charge in [0.2, 0.25) is 0 Å². The molecule has 0 unspecified atom stereocenters. The number of rotatable bonds is 13. The molecule has 2 N–H and O–H groups in total. The summed E-state index contributed by atoms with van der Waals surface area (Å²) in [5, 5.41) is 22.4. The number of halogens is 3. The van der Waals surface area contributed by atoms with Gasteiger partial charge in [0, 0.05) is 0 Å². The van der Waals surface area contributed by atoms with Gasteiger partial charge in [0.25, 0.3) is 0 Å². The molecule has 10 nitrogen and oxygen atoms in total. The van der Waals surface area contributed by atoms with E-state index in [4.69, 9.17) is 37.9 Å². The Kier molecular flexibility index (Phi) is 15.4. The van der Waals surface area contributed by atoms with Gasteiger partial charge in [-0.3, -0.25) is 0 Å². The van der Waals surface area contributed by atoms with Gasteiger partial charge in [-0.1, -0.05) is 159 Å². The molecule has 0 radical (unpaired) electrons. The van der Waals surface area contributed by atoms with Crippen molar-refractivity contribution in [2.75, 3.05) is 0 Å². The number of hydrogen-bond acceptors (Lipinski definition) is 10. The molecule has 6 rings (SSSR count). The summed E-state index contributed by atoms with van der Waals surface area (Å²) < 4.78 is 50.5. The highest BCUT2D eigenvalue weighted by Crippen LogP contribution is 2.39. The zero-order valence-corrected chi connectivity index (χ0v) is 35.7. The predicted molar refractivity (Wildman–Crippen MR) is 219 cm³/mol. The van der Waals surface area contributed by atoms with Crippen molar-refractivity contribution in [2.24, 2.45) is 0 Å². The lowest BCUT2D eigenvalue weighted by Gasteiger charge is -2.49. The fourth-order valence-electron chi connectivity index (χ4n) is 6.76. The molecule has 13 heteroatoms. The molecule has 3 aliphatic rings. The lowest BCUT2D eigenvalue weighted by molar-refractivity contribution is -0.325. The summed E-state index contributed by atoms with van der Waals surface area (Å²) >= 11 is 6.68. The van der Waals surface area contributed by atoms with Gasteiger partial charge in [0.1, 0.15) is 30.5 Å². The molecule has 0 aliphatic carbocycles. The van der Waals surface area contributed by atoms with Crippen LogP contribution in [0.4, 0.5) is 0 Å². The van der Waals surface area contributed by atoms with Crippen LogP contribution in [-0.2, 0) is 57.7 Å². The van der Waals surface area contributed by atoms with Gasteiger partial charge in [-0.05, 0) is 37.5 Å². The van der Waals surface area contributed by atoms with Crippen LogP contribution >= 0.6 is 67.8 Å². The van der Waals surface area contributed by atoms with Crippen LogP contribution in [0.25, 0.3) is 0 Å². The molecule has 0 amide bonds. The molecule has 3 aliphatic heterocycles. The zero-order chi connectivity index (χ0) is 36.8. The van der Waals surface area contributed by atoms with Crippen molar-refractivity contribution in [1.82, 2.24) is 0 Å². The number of aliphatic hydroxyl groups is 2. The second-order valence-corrected chi connectivity index (χ2v) is 17.8. The molecule has 15 atom stereocenters. The van der Waals surface area contributed by atoms with E-state index in [0.29, 0.717) is 19.8 Å². The summed E-state index contributed by atoms with van der Waals surface area (Å²) in [5.74, 6) is 0. The molecule has 52 heavy (non-hydrogen) atoms. The van der Waals surface area contributed by atoms with Crippen molar-refractivity contribution < 1.29 is 48.1 Å². The van der Waals surface area contributed by atoms with E-state index in [1.807, 2.05) is 112 Å². The minimum absolute atomic E-state index is 0.358. The minimum atomic E-state index is -1.05. The van der Waals surface area contributed by atoms with Crippen LogP contribution < -0.4 is 0 Å². The number of hydrogen-bond donors (Lipinski definition) is 2. The Morgan fingerprint density at radius 1 is 0.481 bits per heavy atom. The van der Waals surface area contributed by atoms with Crippen LogP contribution in [0.1, 0.15) is 37.5 Å². The summed E-state index contributed by atoms with van der Waals surface area (Å²) in [6, 6.07) is 29.8. The van der Waals surface area contributed by atoms with Crippen LogP contribution in [-0.4, -0.2) is 95.8 Å². The molecule has 0 spiro atoms. The molecule has 0 bridgehead atoms. The van der Waals surface area contributed by atoms with Gasteiger partial charge < -0.3 is 48.1 Å². The third kappa shape index (κ3) is 10.2.